The summed E-state index contributed by atoms with van der Waals surface area (Å²) in [6.07, 6.45) is 0. The average Bonchev–Trinajstić information content (AvgIpc) is 2.85. The summed E-state index contributed by atoms with van der Waals surface area (Å²) in [5, 5.41) is 0. The number of rotatable bonds is 4. The largest absolute Gasteiger partial charge is 0.308 e. The molecule has 7 heteroatoms. The van der Waals surface area contributed by atoms with Crippen LogP contribution in [0.5, 0.6) is 0 Å². The maximum atomic E-state index is 12.8. The highest BCUT2D eigenvalue weighted by atomic mass is 32.2. The van der Waals surface area contributed by atoms with Gasteiger partial charge in [0, 0.05) is 6.54 Å². The molecule has 1 heterocycles. The molecular weight excluding hydrogens is 356 g/mol. The predicted octanol–water partition coefficient (Wildman–Crippen LogP) is 3.81. The Kier molecular flexibility index (Phi) is 4.47. The van der Waals surface area contributed by atoms with E-state index in [1.54, 1.807) is 22.8 Å². The summed E-state index contributed by atoms with van der Waals surface area (Å²) < 4.78 is 30.6. The van der Waals surface area contributed by atoms with Gasteiger partial charge >= 0.3 is 4.87 Å². The van der Waals surface area contributed by atoms with E-state index in [0.29, 0.717) is 16.9 Å². The van der Waals surface area contributed by atoms with Crippen molar-refractivity contribution < 1.29 is 8.42 Å². The SMILES string of the molecule is CCn1c(=O)sc2cc(S(=O)(=O)Nc3c(C)cc(C)cc3C)ccc21. The fourth-order valence-electron chi connectivity index (χ4n) is 3.05. The molecule has 0 aliphatic rings. The summed E-state index contributed by atoms with van der Waals surface area (Å²) >= 11 is 1.06. The molecule has 0 aliphatic heterocycles. The van der Waals surface area contributed by atoms with E-state index in [0.717, 1.165) is 33.5 Å². The second-order valence-electron chi connectivity index (χ2n) is 6.12. The Hall–Kier alpha value is -2.12. The number of benzene rings is 2. The van der Waals surface area contributed by atoms with Crippen LogP contribution in [-0.4, -0.2) is 13.0 Å². The van der Waals surface area contributed by atoms with Gasteiger partial charge in [0.1, 0.15) is 0 Å². The van der Waals surface area contributed by atoms with Crippen LogP contribution >= 0.6 is 11.3 Å². The van der Waals surface area contributed by atoms with Crippen LogP contribution in [0.4, 0.5) is 5.69 Å². The molecule has 1 aromatic heterocycles. The van der Waals surface area contributed by atoms with Crippen molar-refractivity contribution in [2.75, 3.05) is 4.72 Å². The number of sulfonamides is 1. The summed E-state index contributed by atoms with van der Waals surface area (Å²) in [6, 6.07) is 8.69. The lowest BCUT2D eigenvalue weighted by Crippen LogP contribution is -2.15. The van der Waals surface area contributed by atoms with Gasteiger partial charge in [0.25, 0.3) is 10.0 Å². The van der Waals surface area contributed by atoms with Crippen molar-refractivity contribution >= 4 is 37.3 Å². The van der Waals surface area contributed by atoms with Gasteiger partial charge in [0.05, 0.1) is 20.8 Å². The molecule has 5 nitrogen and oxygen atoms in total. The summed E-state index contributed by atoms with van der Waals surface area (Å²) in [7, 11) is -3.73. The Morgan fingerprint density at radius 3 is 2.32 bits per heavy atom. The number of aryl methyl sites for hydroxylation is 4. The molecule has 0 saturated carbocycles. The molecule has 0 bridgehead atoms. The molecule has 0 radical (unpaired) electrons. The fraction of sp³-hybridized carbons (Fsp3) is 0.278. The van der Waals surface area contributed by atoms with Gasteiger partial charge in [-0.25, -0.2) is 8.42 Å². The molecule has 3 aromatic rings. The number of nitrogens with one attached hydrogen (secondary N) is 1. The minimum atomic E-state index is -3.73. The van der Waals surface area contributed by atoms with Crippen molar-refractivity contribution in [1.82, 2.24) is 4.57 Å². The van der Waals surface area contributed by atoms with E-state index in [1.807, 2.05) is 39.8 Å². The monoisotopic (exact) mass is 376 g/mol. The Morgan fingerprint density at radius 1 is 1.08 bits per heavy atom. The standard InChI is InChI=1S/C18H20N2O3S2/c1-5-20-15-7-6-14(10-16(15)24-18(20)21)25(22,23)19-17-12(3)8-11(2)9-13(17)4/h6-10,19H,5H2,1-4H3. The summed E-state index contributed by atoms with van der Waals surface area (Å²) in [5.41, 5.74) is 4.21. The van der Waals surface area contributed by atoms with E-state index < -0.39 is 10.0 Å². The lowest BCUT2D eigenvalue weighted by atomic mass is 10.1. The van der Waals surface area contributed by atoms with Gasteiger partial charge in [0.2, 0.25) is 0 Å². The smallest absolute Gasteiger partial charge is 0.299 e. The third-order valence-corrected chi connectivity index (χ3v) is 6.47. The highest BCUT2D eigenvalue weighted by molar-refractivity contribution is 7.92. The van der Waals surface area contributed by atoms with Crippen LogP contribution in [0.3, 0.4) is 0 Å². The summed E-state index contributed by atoms with van der Waals surface area (Å²) in [4.78, 5) is 12.0. The van der Waals surface area contributed by atoms with Crippen LogP contribution in [0.15, 0.2) is 40.0 Å². The number of hydrogen-bond acceptors (Lipinski definition) is 4. The highest BCUT2D eigenvalue weighted by Gasteiger charge is 2.18. The molecule has 0 atom stereocenters. The van der Waals surface area contributed by atoms with Crippen LogP contribution in [-0.2, 0) is 16.6 Å². The van der Waals surface area contributed by atoms with E-state index in [-0.39, 0.29) is 9.77 Å². The first-order valence-electron chi connectivity index (χ1n) is 7.97. The second kappa shape index (κ2) is 6.31. The van der Waals surface area contributed by atoms with Gasteiger partial charge in [-0.15, -0.1) is 0 Å². The number of aromatic nitrogens is 1. The molecule has 0 spiro atoms. The predicted molar refractivity (Wildman–Crippen MR) is 103 cm³/mol. The van der Waals surface area contributed by atoms with E-state index >= 15 is 0 Å². The molecule has 0 aliphatic carbocycles. The molecule has 2 aromatic carbocycles. The molecule has 25 heavy (non-hydrogen) atoms. The highest BCUT2D eigenvalue weighted by Crippen LogP contribution is 2.27. The average molecular weight is 377 g/mol. The minimum absolute atomic E-state index is 0.0785. The number of anilines is 1. The van der Waals surface area contributed by atoms with Crippen LogP contribution in [0.1, 0.15) is 23.6 Å². The summed E-state index contributed by atoms with van der Waals surface area (Å²) in [6.45, 7) is 8.20. The van der Waals surface area contributed by atoms with E-state index in [4.69, 9.17) is 0 Å². The molecule has 3 rings (SSSR count). The maximum absolute atomic E-state index is 12.8. The lowest BCUT2D eigenvalue weighted by Gasteiger charge is -2.14. The van der Waals surface area contributed by atoms with Gasteiger partial charge in [-0.2, -0.15) is 0 Å². The van der Waals surface area contributed by atoms with Crippen LogP contribution in [0, 0.1) is 20.8 Å². The van der Waals surface area contributed by atoms with Crippen LogP contribution in [0.2, 0.25) is 0 Å². The molecule has 0 saturated heterocycles. The Balaban J connectivity index is 2.06. The van der Waals surface area contributed by atoms with Gasteiger partial charge in [-0.05, 0) is 57.0 Å². The van der Waals surface area contributed by atoms with Crippen LogP contribution < -0.4 is 9.60 Å². The van der Waals surface area contributed by atoms with E-state index in [1.165, 1.54) is 0 Å². The third-order valence-electron chi connectivity index (χ3n) is 4.18. The number of fused-ring (bicyclic) bond motifs is 1. The van der Waals surface area contributed by atoms with Crippen LogP contribution in [0.25, 0.3) is 10.2 Å². The number of hydrogen-bond donors (Lipinski definition) is 1. The van der Waals surface area contributed by atoms with E-state index in [9.17, 15) is 13.2 Å². The number of thiazole rings is 1. The lowest BCUT2D eigenvalue weighted by molar-refractivity contribution is 0.601. The Labute approximate surface area is 151 Å². The first-order chi connectivity index (χ1) is 11.7. The first-order valence-corrected chi connectivity index (χ1v) is 10.3. The zero-order valence-electron chi connectivity index (χ0n) is 14.6. The quantitative estimate of drug-likeness (QED) is 0.753. The third kappa shape index (κ3) is 3.21. The zero-order chi connectivity index (χ0) is 18.4. The van der Waals surface area contributed by atoms with Gasteiger partial charge < -0.3 is 0 Å². The van der Waals surface area contributed by atoms with Gasteiger partial charge in [-0.1, -0.05) is 29.0 Å². The van der Waals surface area contributed by atoms with Gasteiger partial charge in [0.15, 0.2) is 0 Å². The molecule has 0 unspecified atom stereocenters. The Bertz CT molecular complexity index is 1100. The second-order valence-corrected chi connectivity index (χ2v) is 8.80. The molecule has 132 valence electrons. The number of nitrogens with zero attached hydrogens (tertiary/aromatic N) is 1. The van der Waals surface area contributed by atoms with E-state index in [2.05, 4.69) is 4.72 Å². The fourth-order valence-corrected chi connectivity index (χ4v) is 5.35. The summed E-state index contributed by atoms with van der Waals surface area (Å²) in [5.74, 6) is 0. The first kappa shape index (κ1) is 17.7. The molecule has 0 amide bonds. The maximum Gasteiger partial charge on any atom is 0.308 e. The molecule has 0 fully saturated rings. The zero-order valence-corrected chi connectivity index (χ0v) is 16.2. The topological polar surface area (TPSA) is 68.2 Å². The Morgan fingerprint density at radius 2 is 1.72 bits per heavy atom. The van der Waals surface area contributed by atoms with Crippen molar-refractivity contribution in [2.45, 2.75) is 39.1 Å². The minimum Gasteiger partial charge on any atom is -0.299 e. The van der Waals surface area contributed by atoms with Crippen molar-refractivity contribution in [2.24, 2.45) is 0 Å². The molecular formula is C18H20N2O3S2. The molecule has 1 N–H and O–H groups in total. The van der Waals surface area contributed by atoms with Gasteiger partial charge in [-0.3, -0.25) is 14.1 Å². The van der Waals surface area contributed by atoms with Crippen molar-refractivity contribution in [3.8, 4) is 0 Å². The van der Waals surface area contributed by atoms with Crippen molar-refractivity contribution in [3.05, 3.63) is 56.7 Å². The normalized spacial score (nSPS) is 11.8. The van der Waals surface area contributed by atoms with Crippen molar-refractivity contribution in [1.29, 1.82) is 0 Å². The van der Waals surface area contributed by atoms with Crippen molar-refractivity contribution in [3.63, 3.8) is 0 Å².